The third-order valence-electron chi connectivity index (χ3n) is 4.25. The summed E-state index contributed by atoms with van der Waals surface area (Å²) in [6, 6.07) is 3.77. The predicted molar refractivity (Wildman–Crippen MR) is 92.4 cm³/mol. The molecule has 1 aliphatic rings. The second kappa shape index (κ2) is 6.78. The van der Waals surface area contributed by atoms with Crippen molar-refractivity contribution in [2.45, 2.75) is 19.0 Å². The molecule has 0 atom stereocenters. The zero-order valence-electron chi connectivity index (χ0n) is 13.7. The summed E-state index contributed by atoms with van der Waals surface area (Å²) in [5, 5.41) is 2.67. The Labute approximate surface area is 152 Å². The van der Waals surface area contributed by atoms with Crippen LogP contribution < -0.4 is 5.32 Å². The Morgan fingerprint density at radius 2 is 1.96 bits per heavy atom. The number of nitrogens with one attached hydrogen (secondary N) is 1. The Balaban J connectivity index is 1.73. The number of rotatable bonds is 3. The van der Waals surface area contributed by atoms with Crippen molar-refractivity contribution >= 4 is 42.6 Å². The van der Waals surface area contributed by atoms with Crippen LogP contribution in [0.4, 0.5) is 18.3 Å². The smallest absolute Gasteiger partial charge is 0.302 e. The molecule has 1 aliphatic heterocycles. The van der Waals surface area contributed by atoms with E-state index in [1.807, 2.05) is 0 Å². The molecule has 1 aromatic heterocycles. The SMILES string of the molecule is CS(=O)(=O)N1CCC(C(=O)Nc2nc3c(C(F)(F)F)cccc3s2)CC1. The molecule has 0 radical (unpaired) electrons. The third kappa shape index (κ3) is 3.99. The van der Waals surface area contributed by atoms with Gasteiger partial charge in [-0.15, -0.1) is 0 Å². The molecule has 0 spiro atoms. The summed E-state index contributed by atoms with van der Waals surface area (Å²) in [6.45, 7) is 0.490. The summed E-state index contributed by atoms with van der Waals surface area (Å²) in [6.07, 6.45) is -2.69. The molecule has 142 valence electrons. The maximum absolute atomic E-state index is 13.0. The Kier molecular flexibility index (Phi) is 4.97. The Bertz CT molecular complexity index is 932. The van der Waals surface area contributed by atoms with E-state index in [1.165, 1.54) is 16.4 Å². The number of carbonyl (C=O) groups is 1. The molecule has 2 heterocycles. The van der Waals surface area contributed by atoms with Gasteiger partial charge in [0.1, 0.15) is 0 Å². The molecule has 0 bridgehead atoms. The zero-order chi connectivity index (χ0) is 19.1. The molecule has 3 rings (SSSR count). The number of benzene rings is 1. The number of sulfonamides is 1. The fourth-order valence-corrected chi connectivity index (χ4v) is 4.66. The van der Waals surface area contributed by atoms with Crippen LogP contribution in [0.2, 0.25) is 0 Å². The number of para-hydroxylation sites is 1. The lowest BCUT2D eigenvalue weighted by molar-refractivity contribution is -0.136. The topological polar surface area (TPSA) is 79.4 Å². The van der Waals surface area contributed by atoms with Gasteiger partial charge in [-0.05, 0) is 25.0 Å². The highest BCUT2D eigenvalue weighted by Gasteiger charge is 2.34. The standard InChI is InChI=1S/C15H16F3N3O3S2/c1-26(23,24)21-7-5-9(6-8-21)13(22)20-14-19-12-10(15(16,17)18)3-2-4-11(12)25-14/h2-4,9H,5-8H2,1H3,(H,19,20,22). The molecule has 1 saturated heterocycles. The van der Waals surface area contributed by atoms with E-state index in [9.17, 15) is 26.4 Å². The molecule has 0 unspecified atom stereocenters. The highest BCUT2D eigenvalue weighted by molar-refractivity contribution is 7.88. The number of aromatic nitrogens is 1. The zero-order valence-corrected chi connectivity index (χ0v) is 15.3. The van der Waals surface area contributed by atoms with Crippen molar-refractivity contribution in [2.75, 3.05) is 24.7 Å². The maximum Gasteiger partial charge on any atom is 0.418 e. The molecule has 1 N–H and O–H groups in total. The van der Waals surface area contributed by atoms with E-state index in [2.05, 4.69) is 10.3 Å². The van der Waals surface area contributed by atoms with Crippen molar-refractivity contribution < 1.29 is 26.4 Å². The lowest BCUT2D eigenvalue weighted by Gasteiger charge is -2.29. The van der Waals surface area contributed by atoms with Gasteiger partial charge in [0.05, 0.1) is 22.0 Å². The van der Waals surface area contributed by atoms with Crippen LogP contribution in [0.25, 0.3) is 10.2 Å². The monoisotopic (exact) mass is 407 g/mol. The van der Waals surface area contributed by atoms with Crippen LogP contribution in [0.1, 0.15) is 18.4 Å². The van der Waals surface area contributed by atoms with Gasteiger partial charge in [0.25, 0.3) is 0 Å². The van der Waals surface area contributed by atoms with E-state index >= 15 is 0 Å². The molecular formula is C15H16F3N3O3S2. The summed E-state index contributed by atoms with van der Waals surface area (Å²) in [5.41, 5.74) is -1.03. The quantitative estimate of drug-likeness (QED) is 0.849. The van der Waals surface area contributed by atoms with Gasteiger partial charge in [-0.25, -0.2) is 17.7 Å². The minimum atomic E-state index is -4.52. The second-order valence-corrected chi connectivity index (χ2v) is 9.11. The molecule has 0 aliphatic carbocycles. The number of hydrogen-bond donors (Lipinski definition) is 1. The molecule has 6 nitrogen and oxygen atoms in total. The van der Waals surface area contributed by atoms with E-state index in [1.54, 1.807) is 0 Å². The van der Waals surface area contributed by atoms with Crippen LogP contribution in [0.15, 0.2) is 18.2 Å². The van der Waals surface area contributed by atoms with E-state index in [4.69, 9.17) is 0 Å². The van der Waals surface area contributed by atoms with Crippen LogP contribution >= 0.6 is 11.3 Å². The number of carbonyl (C=O) groups excluding carboxylic acids is 1. The van der Waals surface area contributed by atoms with E-state index in [0.717, 1.165) is 23.7 Å². The number of fused-ring (bicyclic) bond motifs is 1. The highest BCUT2D eigenvalue weighted by Crippen LogP contribution is 2.37. The number of halogens is 3. The Hall–Kier alpha value is -1.72. The van der Waals surface area contributed by atoms with Gasteiger partial charge < -0.3 is 5.32 Å². The van der Waals surface area contributed by atoms with Gasteiger partial charge in [-0.1, -0.05) is 17.4 Å². The van der Waals surface area contributed by atoms with Crippen LogP contribution in [-0.2, 0) is 21.0 Å². The van der Waals surface area contributed by atoms with Crippen molar-refractivity contribution in [1.29, 1.82) is 0 Å². The first-order valence-corrected chi connectivity index (χ1v) is 10.4. The van der Waals surface area contributed by atoms with Crippen molar-refractivity contribution in [1.82, 2.24) is 9.29 Å². The first-order valence-electron chi connectivity index (χ1n) is 7.78. The molecule has 0 saturated carbocycles. The summed E-state index contributed by atoms with van der Waals surface area (Å²) in [5.74, 6) is -0.757. The normalized spacial score (nSPS) is 17.5. The number of hydrogen-bond acceptors (Lipinski definition) is 5. The fourth-order valence-electron chi connectivity index (χ4n) is 2.89. The summed E-state index contributed by atoms with van der Waals surface area (Å²) < 4.78 is 63.7. The third-order valence-corrected chi connectivity index (χ3v) is 6.49. The molecule has 1 fully saturated rings. The number of thiazole rings is 1. The molecule has 1 aromatic carbocycles. The Morgan fingerprint density at radius 3 is 2.54 bits per heavy atom. The molecule has 2 aromatic rings. The first-order chi connectivity index (χ1) is 12.1. The van der Waals surface area contributed by atoms with Crippen molar-refractivity contribution in [3.05, 3.63) is 23.8 Å². The average Bonchev–Trinajstić information content (AvgIpc) is 2.95. The van der Waals surface area contributed by atoms with Crippen LogP contribution in [0.3, 0.4) is 0 Å². The van der Waals surface area contributed by atoms with Gasteiger partial charge in [0, 0.05) is 19.0 Å². The lowest BCUT2D eigenvalue weighted by Crippen LogP contribution is -2.40. The average molecular weight is 407 g/mol. The van der Waals surface area contributed by atoms with Crippen molar-refractivity contribution in [3.8, 4) is 0 Å². The number of alkyl halides is 3. The number of nitrogens with zero attached hydrogens (tertiary/aromatic N) is 2. The highest BCUT2D eigenvalue weighted by atomic mass is 32.2. The largest absolute Gasteiger partial charge is 0.418 e. The lowest BCUT2D eigenvalue weighted by atomic mass is 9.97. The fraction of sp³-hybridized carbons (Fsp3) is 0.467. The minimum Gasteiger partial charge on any atom is -0.302 e. The summed E-state index contributed by atoms with van der Waals surface area (Å²) in [4.78, 5) is 16.3. The predicted octanol–water partition coefficient (Wildman–Crippen LogP) is 2.93. The Morgan fingerprint density at radius 1 is 1.31 bits per heavy atom. The minimum absolute atomic E-state index is 0.104. The van der Waals surface area contributed by atoms with Crippen LogP contribution in [0, 0.1) is 5.92 Å². The first kappa shape index (κ1) is 19.1. The summed E-state index contributed by atoms with van der Waals surface area (Å²) >= 11 is 0.975. The number of amides is 1. The van der Waals surface area contributed by atoms with Gasteiger partial charge in [-0.2, -0.15) is 13.2 Å². The molecule has 1 amide bonds. The van der Waals surface area contributed by atoms with Crippen LogP contribution in [-0.4, -0.2) is 43.0 Å². The van der Waals surface area contributed by atoms with Gasteiger partial charge in [0.2, 0.25) is 15.9 Å². The van der Waals surface area contributed by atoms with Crippen molar-refractivity contribution in [2.24, 2.45) is 5.92 Å². The maximum atomic E-state index is 13.0. The number of anilines is 1. The van der Waals surface area contributed by atoms with E-state index in [0.29, 0.717) is 17.5 Å². The second-order valence-electron chi connectivity index (χ2n) is 6.09. The van der Waals surface area contributed by atoms with Gasteiger partial charge >= 0.3 is 6.18 Å². The van der Waals surface area contributed by atoms with Crippen molar-refractivity contribution in [3.63, 3.8) is 0 Å². The van der Waals surface area contributed by atoms with Gasteiger partial charge in [0.15, 0.2) is 5.13 Å². The van der Waals surface area contributed by atoms with Crippen LogP contribution in [0.5, 0.6) is 0 Å². The van der Waals surface area contributed by atoms with E-state index < -0.39 is 27.7 Å². The van der Waals surface area contributed by atoms with Gasteiger partial charge in [-0.3, -0.25) is 4.79 Å². The molecule has 26 heavy (non-hydrogen) atoms. The molecule has 11 heteroatoms. The summed E-state index contributed by atoms with van der Waals surface area (Å²) in [7, 11) is -3.29. The van der Waals surface area contributed by atoms with E-state index in [-0.39, 0.29) is 29.6 Å². The molecular weight excluding hydrogens is 391 g/mol. The number of piperidine rings is 1.